The van der Waals surface area contributed by atoms with Crippen LogP contribution in [0.5, 0.6) is 5.75 Å². The smallest absolute Gasteiger partial charge is 0.255 e. The van der Waals surface area contributed by atoms with Gasteiger partial charge in [-0.05, 0) is 36.4 Å². The van der Waals surface area contributed by atoms with Crippen LogP contribution < -0.4 is 10.1 Å². The van der Waals surface area contributed by atoms with Gasteiger partial charge < -0.3 is 10.1 Å². The number of anilines is 1. The Kier molecular flexibility index (Phi) is 5.37. The number of aromatic amines is 1. The van der Waals surface area contributed by atoms with Crippen LogP contribution in [0.15, 0.2) is 36.4 Å². The number of carbonyl (C=O) groups excluding carboxylic acids is 1. The molecule has 7 nitrogen and oxygen atoms in total. The van der Waals surface area contributed by atoms with Gasteiger partial charge in [-0.2, -0.15) is 5.21 Å². The summed E-state index contributed by atoms with van der Waals surface area (Å²) in [4.78, 5) is 12.4. The first-order valence-corrected chi connectivity index (χ1v) is 8.07. The van der Waals surface area contributed by atoms with Crippen molar-refractivity contribution in [3.63, 3.8) is 0 Å². The molecular weight excluding hydrogens is 389 g/mol. The Bertz CT molecular complexity index is 902. The molecule has 1 amide bonds. The largest absolute Gasteiger partial charge is 0.483 e. The number of H-pyrrole nitrogens is 1. The van der Waals surface area contributed by atoms with Crippen LogP contribution in [-0.4, -0.2) is 26.5 Å². The van der Waals surface area contributed by atoms with Gasteiger partial charge in [-0.3, -0.25) is 4.79 Å². The second-order valence-corrected chi connectivity index (χ2v) is 6.09. The van der Waals surface area contributed by atoms with E-state index in [1.54, 1.807) is 30.3 Å². The van der Waals surface area contributed by atoms with E-state index in [0.717, 1.165) is 0 Å². The molecule has 2 N–H and O–H groups in total. The van der Waals surface area contributed by atoms with Gasteiger partial charge in [0.05, 0.1) is 15.7 Å². The summed E-state index contributed by atoms with van der Waals surface area (Å²) in [5, 5.41) is 17.2. The second kappa shape index (κ2) is 7.69. The number of aromatic nitrogens is 4. The predicted molar refractivity (Wildman–Crippen MR) is 94.4 cm³/mol. The van der Waals surface area contributed by atoms with Crippen molar-refractivity contribution in [3.05, 3.63) is 62.9 Å². The molecule has 25 heavy (non-hydrogen) atoms. The second-order valence-electron chi connectivity index (χ2n) is 4.84. The number of halogens is 3. The monoisotopic (exact) mass is 397 g/mol. The SMILES string of the molecule is O=C(Nc1cc(Cl)ccc1OCc1nn[nH]n1)c1ccc(Cl)c(Cl)c1. The Balaban J connectivity index is 1.79. The number of hydrogen-bond donors (Lipinski definition) is 2. The quantitative estimate of drug-likeness (QED) is 0.678. The lowest BCUT2D eigenvalue weighted by Crippen LogP contribution is -2.13. The molecule has 0 bridgehead atoms. The average Bonchev–Trinajstić information content (AvgIpc) is 3.10. The topological polar surface area (TPSA) is 92.8 Å². The van der Waals surface area contributed by atoms with Crippen molar-refractivity contribution >= 4 is 46.4 Å². The van der Waals surface area contributed by atoms with Crippen LogP contribution in [0.25, 0.3) is 0 Å². The third-order valence-corrected chi connectivity index (χ3v) is 4.09. The Morgan fingerprint density at radius 2 is 1.96 bits per heavy atom. The van der Waals surface area contributed by atoms with E-state index in [1.807, 2.05) is 0 Å². The van der Waals surface area contributed by atoms with Gasteiger partial charge in [0.1, 0.15) is 5.75 Å². The van der Waals surface area contributed by atoms with E-state index >= 15 is 0 Å². The van der Waals surface area contributed by atoms with Crippen LogP contribution in [0.2, 0.25) is 15.1 Å². The van der Waals surface area contributed by atoms with Gasteiger partial charge in [0, 0.05) is 10.6 Å². The summed E-state index contributed by atoms with van der Waals surface area (Å²) in [7, 11) is 0. The molecule has 1 aromatic heterocycles. The van der Waals surface area contributed by atoms with Gasteiger partial charge in [0.2, 0.25) is 5.82 Å². The molecule has 3 rings (SSSR count). The minimum atomic E-state index is -0.384. The van der Waals surface area contributed by atoms with Gasteiger partial charge in [-0.1, -0.05) is 40.0 Å². The molecule has 128 valence electrons. The lowest BCUT2D eigenvalue weighted by molar-refractivity contribution is 0.102. The molecule has 0 saturated heterocycles. The van der Waals surface area contributed by atoms with Crippen molar-refractivity contribution < 1.29 is 9.53 Å². The van der Waals surface area contributed by atoms with Crippen molar-refractivity contribution in [2.45, 2.75) is 6.61 Å². The minimum Gasteiger partial charge on any atom is -0.483 e. The highest BCUT2D eigenvalue weighted by atomic mass is 35.5. The van der Waals surface area contributed by atoms with Crippen LogP contribution in [0.3, 0.4) is 0 Å². The maximum Gasteiger partial charge on any atom is 0.255 e. The van der Waals surface area contributed by atoms with Crippen molar-refractivity contribution in [3.8, 4) is 5.75 Å². The highest BCUT2D eigenvalue weighted by molar-refractivity contribution is 6.42. The van der Waals surface area contributed by atoms with Gasteiger partial charge in [0.15, 0.2) is 6.61 Å². The fraction of sp³-hybridized carbons (Fsp3) is 0.0667. The standard InChI is InChI=1S/C15H10Cl3N5O2/c16-9-2-4-13(25-7-14-20-22-23-21-14)12(6-9)19-15(24)8-1-3-10(17)11(18)5-8/h1-6H,7H2,(H,19,24)(H,20,21,22,23). The summed E-state index contributed by atoms with van der Waals surface area (Å²) in [6.45, 7) is 0.0772. The molecule has 2 aromatic carbocycles. The van der Waals surface area contributed by atoms with Crippen molar-refractivity contribution in [1.29, 1.82) is 0 Å². The molecule has 1 heterocycles. The number of ether oxygens (including phenoxy) is 1. The molecule has 0 aliphatic heterocycles. The lowest BCUT2D eigenvalue weighted by Gasteiger charge is -2.12. The minimum absolute atomic E-state index is 0.0772. The first-order chi connectivity index (χ1) is 12.0. The Morgan fingerprint density at radius 1 is 1.12 bits per heavy atom. The zero-order chi connectivity index (χ0) is 17.8. The highest BCUT2D eigenvalue weighted by Gasteiger charge is 2.13. The van der Waals surface area contributed by atoms with Gasteiger partial charge in [0.25, 0.3) is 5.91 Å². The Hall–Kier alpha value is -2.35. The Labute approximate surface area is 157 Å². The van der Waals surface area contributed by atoms with Crippen molar-refractivity contribution in [1.82, 2.24) is 20.6 Å². The molecule has 0 fully saturated rings. The maximum atomic E-state index is 12.4. The fourth-order valence-corrected chi connectivity index (χ4v) is 2.41. The summed E-state index contributed by atoms with van der Waals surface area (Å²) < 4.78 is 5.61. The number of amides is 1. The predicted octanol–water partition coefficient (Wildman–Crippen LogP) is 3.99. The molecule has 0 unspecified atom stereocenters. The number of carbonyl (C=O) groups is 1. The number of nitrogens with one attached hydrogen (secondary N) is 2. The van der Waals surface area contributed by atoms with E-state index in [0.29, 0.717) is 32.9 Å². The summed E-state index contributed by atoms with van der Waals surface area (Å²) >= 11 is 17.8. The van der Waals surface area contributed by atoms with Crippen molar-refractivity contribution in [2.75, 3.05) is 5.32 Å². The molecule has 0 atom stereocenters. The molecule has 10 heteroatoms. The third-order valence-electron chi connectivity index (χ3n) is 3.12. The van der Waals surface area contributed by atoms with E-state index in [4.69, 9.17) is 39.5 Å². The molecule has 0 radical (unpaired) electrons. The molecular formula is C15H10Cl3N5O2. The first kappa shape index (κ1) is 17.5. The highest BCUT2D eigenvalue weighted by Crippen LogP contribution is 2.30. The Morgan fingerprint density at radius 3 is 2.68 bits per heavy atom. The van der Waals surface area contributed by atoms with Gasteiger partial charge in [-0.25, -0.2) is 0 Å². The van der Waals surface area contributed by atoms with Crippen LogP contribution in [0.4, 0.5) is 5.69 Å². The number of rotatable bonds is 5. The van der Waals surface area contributed by atoms with E-state index in [1.165, 1.54) is 6.07 Å². The molecule has 0 spiro atoms. The van der Waals surface area contributed by atoms with Crippen LogP contribution >= 0.6 is 34.8 Å². The van der Waals surface area contributed by atoms with Crippen LogP contribution in [0, 0.1) is 0 Å². The van der Waals surface area contributed by atoms with Gasteiger partial charge >= 0.3 is 0 Å². The van der Waals surface area contributed by atoms with E-state index in [2.05, 4.69) is 25.9 Å². The summed E-state index contributed by atoms with van der Waals surface area (Å²) in [5.41, 5.74) is 0.741. The van der Waals surface area contributed by atoms with E-state index < -0.39 is 0 Å². The van der Waals surface area contributed by atoms with E-state index in [9.17, 15) is 4.79 Å². The number of tetrazole rings is 1. The number of benzene rings is 2. The number of nitrogens with zero attached hydrogens (tertiary/aromatic N) is 3. The molecule has 3 aromatic rings. The molecule has 0 aliphatic carbocycles. The van der Waals surface area contributed by atoms with E-state index in [-0.39, 0.29) is 17.5 Å². The van der Waals surface area contributed by atoms with Gasteiger partial charge in [-0.15, -0.1) is 10.2 Å². The number of hydrogen-bond acceptors (Lipinski definition) is 5. The lowest BCUT2D eigenvalue weighted by atomic mass is 10.2. The average molecular weight is 399 g/mol. The molecule has 0 saturated carbocycles. The zero-order valence-corrected chi connectivity index (χ0v) is 14.7. The zero-order valence-electron chi connectivity index (χ0n) is 12.5. The normalized spacial score (nSPS) is 10.5. The summed E-state index contributed by atoms with van der Waals surface area (Å²) in [6.07, 6.45) is 0. The maximum absolute atomic E-state index is 12.4. The van der Waals surface area contributed by atoms with Crippen molar-refractivity contribution in [2.24, 2.45) is 0 Å². The third kappa shape index (κ3) is 4.39. The van der Waals surface area contributed by atoms with Crippen LogP contribution in [-0.2, 0) is 6.61 Å². The molecule has 0 aliphatic rings. The first-order valence-electron chi connectivity index (χ1n) is 6.94. The summed E-state index contributed by atoms with van der Waals surface area (Å²) in [5.74, 6) is 0.393. The fourth-order valence-electron chi connectivity index (χ4n) is 1.94. The summed E-state index contributed by atoms with van der Waals surface area (Å²) in [6, 6.07) is 9.43. The van der Waals surface area contributed by atoms with Crippen LogP contribution in [0.1, 0.15) is 16.2 Å².